The minimum Gasteiger partial charge on any atom is -0.295 e. The number of hydrogen-bond acceptors (Lipinski definition) is 3. The second kappa shape index (κ2) is 6.21. The van der Waals surface area contributed by atoms with Gasteiger partial charge in [-0.2, -0.15) is 5.26 Å². The Balaban J connectivity index is 2.04. The van der Waals surface area contributed by atoms with Crippen LogP contribution in [-0.4, -0.2) is 11.7 Å². The van der Waals surface area contributed by atoms with E-state index in [2.05, 4.69) is 6.07 Å². The average molecular weight is 349 g/mol. The Bertz CT molecular complexity index is 750. The number of benzene rings is 2. The topological polar surface area (TPSA) is 44.1 Å². The van der Waals surface area contributed by atoms with Crippen molar-refractivity contribution >= 4 is 46.6 Å². The molecule has 22 heavy (non-hydrogen) atoms. The zero-order valence-electron chi connectivity index (χ0n) is 11.3. The van der Waals surface area contributed by atoms with Crippen LogP contribution in [0.4, 0.5) is 5.69 Å². The lowest BCUT2D eigenvalue weighted by Gasteiger charge is -2.25. The molecule has 2 aromatic rings. The Labute approximate surface area is 142 Å². The van der Waals surface area contributed by atoms with Crippen LogP contribution in [0.15, 0.2) is 42.5 Å². The first-order chi connectivity index (χ1) is 10.6. The van der Waals surface area contributed by atoms with Crippen LogP contribution >= 0.6 is 35.0 Å². The number of halogens is 2. The monoisotopic (exact) mass is 348 g/mol. The molecule has 1 unspecified atom stereocenters. The second-order valence-electron chi connectivity index (χ2n) is 4.72. The first kappa shape index (κ1) is 15.2. The highest BCUT2D eigenvalue weighted by Gasteiger charge is 2.36. The van der Waals surface area contributed by atoms with Crippen LogP contribution in [0.25, 0.3) is 0 Å². The second-order valence-corrected chi connectivity index (χ2v) is 6.60. The predicted molar refractivity (Wildman–Crippen MR) is 90.3 cm³/mol. The Morgan fingerprint density at radius 3 is 2.36 bits per heavy atom. The lowest BCUT2D eigenvalue weighted by atomic mass is 10.1. The number of thioether (sulfide) groups is 1. The van der Waals surface area contributed by atoms with E-state index in [0.717, 1.165) is 11.3 Å². The van der Waals surface area contributed by atoms with E-state index in [0.29, 0.717) is 21.4 Å². The van der Waals surface area contributed by atoms with Gasteiger partial charge in [0.15, 0.2) is 0 Å². The van der Waals surface area contributed by atoms with Crippen molar-refractivity contribution in [1.82, 2.24) is 0 Å². The van der Waals surface area contributed by atoms with Gasteiger partial charge in [0.05, 0.1) is 17.4 Å². The quantitative estimate of drug-likeness (QED) is 0.793. The molecule has 2 aromatic carbocycles. The summed E-state index contributed by atoms with van der Waals surface area (Å²) in [6.07, 6.45) is 0. The molecule has 1 aliphatic heterocycles. The summed E-state index contributed by atoms with van der Waals surface area (Å²) < 4.78 is 0. The molecule has 6 heteroatoms. The Hall–Kier alpha value is -1.67. The number of carbonyl (C=O) groups is 1. The molecular formula is C16H10Cl2N2OS. The van der Waals surface area contributed by atoms with Crippen LogP contribution in [0.1, 0.15) is 16.5 Å². The van der Waals surface area contributed by atoms with Crippen LogP contribution in [-0.2, 0) is 4.79 Å². The smallest absolute Gasteiger partial charge is 0.238 e. The van der Waals surface area contributed by atoms with Crippen molar-refractivity contribution in [1.29, 1.82) is 5.26 Å². The summed E-state index contributed by atoms with van der Waals surface area (Å²) in [6, 6.07) is 14.3. The molecule has 0 N–H and O–H groups in total. The highest BCUT2D eigenvalue weighted by molar-refractivity contribution is 8.00. The number of nitrogens with zero attached hydrogens (tertiary/aromatic N) is 2. The third kappa shape index (κ3) is 2.68. The minimum atomic E-state index is -0.262. The van der Waals surface area contributed by atoms with Gasteiger partial charge in [0.25, 0.3) is 0 Å². The van der Waals surface area contributed by atoms with Crippen molar-refractivity contribution in [2.75, 3.05) is 10.7 Å². The van der Waals surface area contributed by atoms with Crippen molar-refractivity contribution in [3.05, 3.63) is 63.6 Å². The van der Waals surface area contributed by atoms with Gasteiger partial charge < -0.3 is 0 Å². The number of nitriles is 1. The largest absolute Gasteiger partial charge is 0.295 e. The van der Waals surface area contributed by atoms with Gasteiger partial charge in [-0.25, -0.2) is 0 Å². The fraction of sp³-hybridized carbons (Fsp3) is 0.125. The normalized spacial score (nSPS) is 17.6. The third-order valence-electron chi connectivity index (χ3n) is 3.39. The summed E-state index contributed by atoms with van der Waals surface area (Å²) in [5.41, 5.74) is 2.02. The standard InChI is InChI=1S/C16H10Cl2N2OS/c17-12-2-1-3-13(18)15(12)16-20(14(21)9-22-16)11-6-4-10(8-19)5-7-11/h1-7,16H,9H2. The lowest BCUT2D eigenvalue weighted by Crippen LogP contribution is -2.28. The minimum absolute atomic E-state index is 0.00399. The van der Waals surface area contributed by atoms with Crippen LogP contribution in [0.2, 0.25) is 10.0 Å². The van der Waals surface area contributed by atoms with Gasteiger partial charge in [-0.15, -0.1) is 11.8 Å². The Morgan fingerprint density at radius 1 is 1.14 bits per heavy atom. The number of rotatable bonds is 2. The van der Waals surface area contributed by atoms with Crippen molar-refractivity contribution < 1.29 is 4.79 Å². The summed E-state index contributed by atoms with van der Waals surface area (Å²) in [7, 11) is 0. The van der Waals surface area contributed by atoms with Gasteiger partial charge in [-0.3, -0.25) is 9.69 Å². The van der Waals surface area contributed by atoms with Crippen LogP contribution in [0.5, 0.6) is 0 Å². The van der Waals surface area contributed by atoms with Gasteiger partial charge >= 0.3 is 0 Å². The number of amides is 1. The maximum Gasteiger partial charge on any atom is 0.238 e. The van der Waals surface area contributed by atoms with Gasteiger partial charge in [0.2, 0.25) is 5.91 Å². The maximum absolute atomic E-state index is 12.3. The van der Waals surface area contributed by atoms with Gasteiger partial charge in [0, 0.05) is 21.3 Å². The molecule has 3 nitrogen and oxygen atoms in total. The first-order valence-electron chi connectivity index (χ1n) is 6.49. The van der Waals surface area contributed by atoms with Gasteiger partial charge in [-0.05, 0) is 36.4 Å². The maximum atomic E-state index is 12.3. The number of hydrogen-bond donors (Lipinski definition) is 0. The zero-order chi connectivity index (χ0) is 15.7. The van der Waals surface area contributed by atoms with Crippen molar-refractivity contribution in [2.24, 2.45) is 0 Å². The molecule has 3 rings (SSSR count). The van der Waals surface area contributed by atoms with E-state index in [1.807, 2.05) is 0 Å². The highest BCUT2D eigenvalue weighted by Crippen LogP contribution is 2.46. The zero-order valence-corrected chi connectivity index (χ0v) is 13.6. The Kier molecular flexibility index (Phi) is 4.30. The molecule has 0 aliphatic carbocycles. The average Bonchev–Trinajstić information content (AvgIpc) is 2.89. The van der Waals surface area contributed by atoms with Crippen molar-refractivity contribution in [2.45, 2.75) is 5.37 Å². The molecule has 1 fully saturated rings. The molecule has 0 radical (unpaired) electrons. The molecule has 1 saturated heterocycles. The third-order valence-corrected chi connectivity index (χ3v) is 5.22. The van der Waals surface area contributed by atoms with E-state index >= 15 is 0 Å². The van der Waals surface area contributed by atoms with E-state index in [-0.39, 0.29) is 11.3 Å². The summed E-state index contributed by atoms with van der Waals surface area (Å²) >= 11 is 14.0. The molecule has 0 bridgehead atoms. The molecule has 0 spiro atoms. The Morgan fingerprint density at radius 2 is 1.77 bits per heavy atom. The first-order valence-corrected chi connectivity index (χ1v) is 8.30. The van der Waals surface area contributed by atoms with Crippen LogP contribution in [0.3, 0.4) is 0 Å². The highest BCUT2D eigenvalue weighted by atomic mass is 35.5. The molecule has 0 aromatic heterocycles. The molecular weight excluding hydrogens is 339 g/mol. The number of anilines is 1. The molecule has 1 aliphatic rings. The fourth-order valence-electron chi connectivity index (χ4n) is 2.36. The van der Waals surface area contributed by atoms with E-state index in [4.69, 9.17) is 28.5 Å². The number of carbonyl (C=O) groups excluding carboxylic acids is 1. The fourth-order valence-corrected chi connectivity index (χ4v) is 4.34. The SMILES string of the molecule is N#Cc1ccc(N2C(=O)CSC2c2c(Cl)cccc2Cl)cc1. The lowest BCUT2D eigenvalue weighted by molar-refractivity contribution is -0.115. The van der Waals surface area contributed by atoms with Crippen LogP contribution in [0, 0.1) is 11.3 Å². The molecule has 1 heterocycles. The molecule has 110 valence electrons. The molecule has 1 atom stereocenters. The van der Waals surface area contributed by atoms with E-state index < -0.39 is 0 Å². The predicted octanol–water partition coefficient (Wildman–Crippen LogP) is 4.64. The van der Waals surface area contributed by atoms with Crippen LogP contribution < -0.4 is 4.90 Å². The van der Waals surface area contributed by atoms with Gasteiger partial charge in [-0.1, -0.05) is 29.3 Å². The summed E-state index contributed by atoms with van der Waals surface area (Å²) in [4.78, 5) is 14.0. The van der Waals surface area contributed by atoms with E-state index in [1.165, 1.54) is 11.8 Å². The van der Waals surface area contributed by atoms with Crippen molar-refractivity contribution in [3.63, 3.8) is 0 Å². The summed E-state index contributed by atoms with van der Waals surface area (Å²) in [6.45, 7) is 0. The van der Waals surface area contributed by atoms with Gasteiger partial charge in [0.1, 0.15) is 5.37 Å². The summed E-state index contributed by atoms with van der Waals surface area (Å²) in [5, 5.41) is 9.70. The van der Waals surface area contributed by atoms with E-state index in [9.17, 15) is 4.79 Å². The molecule has 1 amide bonds. The molecule has 0 saturated carbocycles. The summed E-state index contributed by atoms with van der Waals surface area (Å²) in [5.74, 6) is 0.363. The van der Waals surface area contributed by atoms with E-state index in [1.54, 1.807) is 47.4 Å². The van der Waals surface area contributed by atoms with Crippen molar-refractivity contribution in [3.8, 4) is 6.07 Å².